The van der Waals surface area contributed by atoms with Gasteiger partial charge in [-0.2, -0.15) is 5.10 Å². The van der Waals surface area contributed by atoms with Crippen LogP contribution in [0.15, 0.2) is 24.5 Å². The highest BCUT2D eigenvalue weighted by atomic mass is 15.3. The number of rotatable bonds is 6. The third-order valence-corrected chi connectivity index (χ3v) is 3.65. The highest BCUT2D eigenvalue weighted by Crippen LogP contribution is 2.12. The van der Waals surface area contributed by atoms with Gasteiger partial charge in [-0.1, -0.05) is 25.1 Å². The van der Waals surface area contributed by atoms with Crippen LogP contribution in [-0.4, -0.2) is 20.8 Å². The second kappa shape index (κ2) is 6.66. The highest BCUT2D eigenvalue weighted by molar-refractivity contribution is 5.30. The fourth-order valence-electron chi connectivity index (χ4n) is 2.38. The normalized spacial score (nSPS) is 12.6. The van der Waals surface area contributed by atoms with Crippen molar-refractivity contribution in [2.45, 2.75) is 52.6 Å². The molecule has 1 aromatic heterocycles. The van der Waals surface area contributed by atoms with Crippen LogP contribution in [0.25, 0.3) is 0 Å². The molecule has 20 heavy (non-hydrogen) atoms. The topological polar surface area (TPSA) is 56.7 Å². The van der Waals surface area contributed by atoms with Crippen LogP contribution in [-0.2, 0) is 19.4 Å². The molecular weight excluding hydrogens is 248 g/mol. The molecule has 0 spiro atoms. The van der Waals surface area contributed by atoms with Crippen molar-refractivity contribution in [1.29, 1.82) is 0 Å². The summed E-state index contributed by atoms with van der Waals surface area (Å²) in [7, 11) is 0. The second-order valence-corrected chi connectivity index (χ2v) is 5.49. The molecule has 1 aromatic carbocycles. The molecule has 1 heterocycles. The van der Waals surface area contributed by atoms with E-state index in [2.05, 4.69) is 49.1 Å². The van der Waals surface area contributed by atoms with E-state index in [4.69, 9.17) is 5.73 Å². The molecule has 4 heteroatoms. The quantitative estimate of drug-likeness (QED) is 0.878. The number of aromatic nitrogens is 3. The van der Waals surface area contributed by atoms with Gasteiger partial charge in [-0.3, -0.25) is 4.68 Å². The van der Waals surface area contributed by atoms with Crippen molar-refractivity contribution in [3.63, 3.8) is 0 Å². The number of hydrogen-bond donors (Lipinski definition) is 1. The van der Waals surface area contributed by atoms with Gasteiger partial charge < -0.3 is 5.73 Å². The van der Waals surface area contributed by atoms with Crippen molar-refractivity contribution >= 4 is 0 Å². The number of hydrogen-bond acceptors (Lipinski definition) is 3. The molecule has 0 aliphatic rings. The van der Waals surface area contributed by atoms with Crippen LogP contribution >= 0.6 is 0 Å². The van der Waals surface area contributed by atoms with Crippen LogP contribution in [0.1, 0.15) is 35.9 Å². The first-order valence-corrected chi connectivity index (χ1v) is 7.28. The fraction of sp³-hybridized carbons (Fsp3) is 0.500. The summed E-state index contributed by atoms with van der Waals surface area (Å²) in [6.45, 7) is 7.32. The maximum Gasteiger partial charge on any atom is 0.138 e. The zero-order valence-electron chi connectivity index (χ0n) is 12.6. The van der Waals surface area contributed by atoms with E-state index in [-0.39, 0.29) is 6.04 Å². The summed E-state index contributed by atoms with van der Waals surface area (Å²) in [5, 5.41) is 4.24. The Morgan fingerprint density at radius 1 is 1.20 bits per heavy atom. The first-order valence-electron chi connectivity index (χ1n) is 7.28. The Kier molecular flexibility index (Phi) is 4.90. The fourth-order valence-corrected chi connectivity index (χ4v) is 2.38. The van der Waals surface area contributed by atoms with E-state index in [0.29, 0.717) is 0 Å². The molecular formula is C16H24N4. The highest BCUT2D eigenvalue weighted by Gasteiger charge is 2.11. The molecule has 4 nitrogen and oxygen atoms in total. The molecule has 0 aliphatic carbocycles. The van der Waals surface area contributed by atoms with Crippen LogP contribution in [0, 0.1) is 13.8 Å². The summed E-state index contributed by atoms with van der Waals surface area (Å²) in [4.78, 5) is 4.32. The average Bonchev–Trinajstić information content (AvgIpc) is 2.82. The molecule has 2 N–H and O–H groups in total. The molecule has 0 fully saturated rings. The smallest absolute Gasteiger partial charge is 0.138 e. The van der Waals surface area contributed by atoms with Gasteiger partial charge in [0.1, 0.15) is 12.2 Å². The number of benzene rings is 1. The molecule has 0 saturated carbocycles. The predicted molar refractivity (Wildman–Crippen MR) is 81.6 cm³/mol. The molecule has 1 unspecified atom stereocenters. The van der Waals surface area contributed by atoms with Crippen molar-refractivity contribution in [2.75, 3.05) is 0 Å². The molecule has 0 amide bonds. The van der Waals surface area contributed by atoms with Gasteiger partial charge in [-0.25, -0.2) is 4.98 Å². The molecule has 1 atom stereocenters. The van der Waals surface area contributed by atoms with E-state index in [0.717, 1.165) is 31.6 Å². The molecule has 108 valence electrons. The van der Waals surface area contributed by atoms with Crippen LogP contribution in [0.5, 0.6) is 0 Å². The average molecular weight is 272 g/mol. The first-order chi connectivity index (χ1) is 9.60. The molecule has 0 aliphatic heterocycles. The zero-order valence-corrected chi connectivity index (χ0v) is 12.6. The largest absolute Gasteiger partial charge is 0.327 e. The van der Waals surface area contributed by atoms with Gasteiger partial charge in [0.05, 0.1) is 0 Å². The Labute approximate surface area is 121 Å². The zero-order chi connectivity index (χ0) is 14.5. The Balaban J connectivity index is 1.99. The Morgan fingerprint density at radius 3 is 2.70 bits per heavy atom. The molecule has 2 rings (SSSR count). The maximum atomic E-state index is 6.27. The van der Waals surface area contributed by atoms with Crippen LogP contribution < -0.4 is 5.73 Å². The molecule has 2 aromatic rings. The van der Waals surface area contributed by atoms with Crippen molar-refractivity contribution < 1.29 is 0 Å². The van der Waals surface area contributed by atoms with E-state index >= 15 is 0 Å². The molecule has 0 bridgehead atoms. The van der Waals surface area contributed by atoms with E-state index in [9.17, 15) is 0 Å². The van der Waals surface area contributed by atoms with Gasteiger partial charge >= 0.3 is 0 Å². The summed E-state index contributed by atoms with van der Waals surface area (Å²) < 4.78 is 1.96. The van der Waals surface area contributed by atoms with Gasteiger partial charge in [-0.15, -0.1) is 0 Å². The number of aryl methyl sites for hydroxylation is 3. The predicted octanol–water partition coefficient (Wildman–Crippen LogP) is 2.42. The van der Waals surface area contributed by atoms with Crippen molar-refractivity contribution in [1.82, 2.24) is 14.8 Å². The standard InChI is InChI=1S/C16H24N4/c1-4-7-20-16(18-11-19-20)10-15(17)9-14-6-5-12(2)13(3)8-14/h5-6,8,11,15H,4,7,9-10,17H2,1-3H3. The minimum Gasteiger partial charge on any atom is -0.327 e. The van der Waals surface area contributed by atoms with Crippen molar-refractivity contribution in [3.05, 3.63) is 47.0 Å². The summed E-state index contributed by atoms with van der Waals surface area (Å²) in [5.41, 5.74) is 10.2. The van der Waals surface area contributed by atoms with Gasteiger partial charge in [0.25, 0.3) is 0 Å². The lowest BCUT2D eigenvalue weighted by Gasteiger charge is -2.13. The maximum absolute atomic E-state index is 6.27. The van der Waals surface area contributed by atoms with Crippen LogP contribution in [0.4, 0.5) is 0 Å². The molecule has 0 saturated heterocycles. The van der Waals surface area contributed by atoms with Crippen LogP contribution in [0.2, 0.25) is 0 Å². The summed E-state index contributed by atoms with van der Waals surface area (Å²) in [5.74, 6) is 0.989. The van der Waals surface area contributed by atoms with Gasteiger partial charge in [0, 0.05) is 19.0 Å². The van der Waals surface area contributed by atoms with Crippen LogP contribution in [0.3, 0.4) is 0 Å². The summed E-state index contributed by atoms with van der Waals surface area (Å²) in [6.07, 6.45) is 4.32. The van der Waals surface area contributed by atoms with Gasteiger partial charge in [0.2, 0.25) is 0 Å². The number of nitrogens with two attached hydrogens (primary N) is 1. The minimum absolute atomic E-state index is 0.0805. The number of nitrogens with zero attached hydrogens (tertiary/aromatic N) is 3. The summed E-state index contributed by atoms with van der Waals surface area (Å²) >= 11 is 0. The van der Waals surface area contributed by atoms with Gasteiger partial charge in [0.15, 0.2) is 0 Å². The van der Waals surface area contributed by atoms with Crippen molar-refractivity contribution in [2.24, 2.45) is 5.73 Å². The third-order valence-electron chi connectivity index (χ3n) is 3.65. The summed E-state index contributed by atoms with van der Waals surface area (Å²) in [6, 6.07) is 6.64. The van der Waals surface area contributed by atoms with Crippen molar-refractivity contribution in [3.8, 4) is 0 Å². The SMILES string of the molecule is CCCn1ncnc1CC(N)Cc1ccc(C)c(C)c1. The van der Waals surface area contributed by atoms with E-state index in [1.54, 1.807) is 6.33 Å². The Hall–Kier alpha value is -1.68. The van der Waals surface area contributed by atoms with E-state index in [1.807, 2.05) is 4.68 Å². The first kappa shape index (κ1) is 14.7. The Bertz CT molecular complexity index is 559. The third kappa shape index (κ3) is 3.67. The monoisotopic (exact) mass is 272 g/mol. The minimum atomic E-state index is 0.0805. The Morgan fingerprint density at radius 2 is 2.00 bits per heavy atom. The second-order valence-electron chi connectivity index (χ2n) is 5.49. The van der Waals surface area contributed by atoms with Gasteiger partial charge in [-0.05, 0) is 43.4 Å². The lowest BCUT2D eigenvalue weighted by atomic mass is 10.00. The lowest BCUT2D eigenvalue weighted by molar-refractivity contribution is 0.540. The lowest BCUT2D eigenvalue weighted by Crippen LogP contribution is -2.27. The molecule has 0 radical (unpaired) electrons. The van der Waals surface area contributed by atoms with E-state index < -0.39 is 0 Å². The van der Waals surface area contributed by atoms with E-state index in [1.165, 1.54) is 16.7 Å².